The molecule has 1 atom stereocenters. The van der Waals surface area contributed by atoms with Gasteiger partial charge in [0.05, 0.1) is 5.60 Å². The van der Waals surface area contributed by atoms with Crippen LogP contribution in [0.1, 0.15) is 19.8 Å². The van der Waals surface area contributed by atoms with Crippen LogP contribution < -0.4 is 0 Å². The van der Waals surface area contributed by atoms with Gasteiger partial charge in [0.15, 0.2) is 0 Å². The second-order valence-electron chi connectivity index (χ2n) is 5.01. The van der Waals surface area contributed by atoms with E-state index in [9.17, 15) is 17.9 Å². The summed E-state index contributed by atoms with van der Waals surface area (Å²) in [4.78, 5) is -0.408. The number of sulfonamides is 1. The van der Waals surface area contributed by atoms with Gasteiger partial charge < -0.3 is 5.11 Å². The van der Waals surface area contributed by atoms with Gasteiger partial charge in [-0.25, -0.2) is 12.8 Å². The molecule has 1 unspecified atom stereocenters. The van der Waals surface area contributed by atoms with Crippen LogP contribution in [0.4, 0.5) is 4.39 Å². The topological polar surface area (TPSA) is 57.6 Å². The summed E-state index contributed by atoms with van der Waals surface area (Å²) in [5.41, 5.74) is -1.08. The molecule has 1 aliphatic heterocycles. The van der Waals surface area contributed by atoms with E-state index in [0.717, 1.165) is 16.4 Å². The lowest BCUT2D eigenvalue weighted by molar-refractivity contribution is 0.00934. The van der Waals surface area contributed by atoms with Crippen molar-refractivity contribution < 1.29 is 17.9 Å². The molecule has 0 aliphatic carbocycles. The predicted octanol–water partition coefficient (Wildman–Crippen LogP) is 2.01. The summed E-state index contributed by atoms with van der Waals surface area (Å²) in [6.07, 6.45) is 1.07. The molecule has 1 fully saturated rings. The van der Waals surface area contributed by atoms with Crippen LogP contribution in [-0.2, 0) is 10.0 Å². The van der Waals surface area contributed by atoms with Crippen LogP contribution >= 0.6 is 11.6 Å². The van der Waals surface area contributed by atoms with E-state index in [1.165, 1.54) is 6.07 Å². The largest absolute Gasteiger partial charge is 0.389 e. The van der Waals surface area contributed by atoms with E-state index in [4.69, 9.17) is 11.6 Å². The molecule has 4 nitrogen and oxygen atoms in total. The summed E-state index contributed by atoms with van der Waals surface area (Å²) in [7, 11) is -3.94. The molecule has 0 amide bonds. The highest BCUT2D eigenvalue weighted by Gasteiger charge is 2.36. The Kier molecular flexibility index (Phi) is 3.88. The van der Waals surface area contributed by atoms with Crippen molar-refractivity contribution in [1.29, 1.82) is 0 Å². The summed E-state index contributed by atoms with van der Waals surface area (Å²) in [6.45, 7) is 1.82. The maximum Gasteiger partial charge on any atom is 0.246 e. The highest BCUT2D eigenvalue weighted by Crippen LogP contribution is 2.28. The Labute approximate surface area is 116 Å². The zero-order chi connectivity index (χ0) is 14.3. The van der Waals surface area contributed by atoms with Crippen molar-refractivity contribution >= 4 is 21.6 Å². The zero-order valence-corrected chi connectivity index (χ0v) is 12.0. The summed E-state index contributed by atoms with van der Waals surface area (Å²) in [5.74, 6) is -0.877. The lowest BCUT2D eigenvalue weighted by Gasteiger charge is -2.35. The van der Waals surface area contributed by atoms with Gasteiger partial charge >= 0.3 is 0 Å². The Bertz CT molecular complexity index is 589. The first kappa shape index (κ1) is 14.7. The van der Waals surface area contributed by atoms with E-state index in [1.54, 1.807) is 6.92 Å². The summed E-state index contributed by atoms with van der Waals surface area (Å²) in [6, 6.07) is 3.45. The molecule has 19 heavy (non-hydrogen) atoms. The highest BCUT2D eigenvalue weighted by atomic mass is 35.5. The van der Waals surface area contributed by atoms with Gasteiger partial charge in [0, 0.05) is 18.1 Å². The van der Waals surface area contributed by atoms with E-state index >= 15 is 0 Å². The van der Waals surface area contributed by atoms with Gasteiger partial charge in [0.25, 0.3) is 0 Å². The van der Waals surface area contributed by atoms with Crippen molar-refractivity contribution in [2.75, 3.05) is 13.1 Å². The maximum atomic E-state index is 13.7. The lowest BCUT2D eigenvalue weighted by Crippen LogP contribution is -2.48. The van der Waals surface area contributed by atoms with Gasteiger partial charge in [-0.2, -0.15) is 4.31 Å². The monoisotopic (exact) mass is 307 g/mol. The summed E-state index contributed by atoms with van der Waals surface area (Å²) in [5, 5.41) is 10.1. The Balaban J connectivity index is 2.37. The average Bonchev–Trinajstić information content (AvgIpc) is 2.27. The molecule has 1 aromatic carbocycles. The zero-order valence-electron chi connectivity index (χ0n) is 10.4. The second-order valence-corrected chi connectivity index (χ2v) is 7.36. The minimum Gasteiger partial charge on any atom is -0.389 e. The number of aliphatic hydroxyl groups is 1. The fourth-order valence-corrected chi connectivity index (χ4v) is 4.00. The number of hydrogen-bond donors (Lipinski definition) is 1. The van der Waals surface area contributed by atoms with Crippen LogP contribution in [0, 0.1) is 5.82 Å². The minimum atomic E-state index is -3.94. The molecular weight excluding hydrogens is 293 g/mol. The average molecular weight is 308 g/mol. The summed E-state index contributed by atoms with van der Waals surface area (Å²) < 4.78 is 39.5. The quantitative estimate of drug-likeness (QED) is 0.909. The van der Waals surface area contributed by atoms with Crippen molar-refractivity contribution in [3.05, 3.63) is 29.0 Å². The van der Waals surface area contributed by atoms with Gasteiger partial charge in [0.2, 0.25) is 10.0 Å². The molecular formula is C12H15ClFNO3S. The number of rotatable bonds is 2. The van der Waals surface area contributed by atoms with Crippen molar-refractivity contribution in [1.82, 2.24) is 4.31 Å². The van der Waals surface area contributed by atoms with Crippen LogP contribution in [-0.4, -0.2) is 36.5 Å². The second kappa shape index (κ2) is 5.01. The molecule has 0 bridgehead atoms. The van der Waals surface area contributed by atoms with Crippen LogP contribution in [0.25, 0.3) is 0 Å². The number of nitrogens with zero attached hydrogens (tertiary/aromatic N) is 1. The Morgan fingerprint density at radius 3 is 2.74 bits per heavy atom. The predicted molar refractivity (Wildman–Crippen MR) is 70.0 cm³/mol. The van der Waals surface area contributed by atoms with Crippen molar-refractivity contribution in [2.45, 2.75) is 30.3 Å². The van der Waals surface area contributed by atoms with Gasteiger partial charge in [-0.1, -0.05) is 11.6 Å². The molecule has 0 spiro atoms. The van der Waals surface area contributed by atoms with E-state index < -0.39 is 26.3 Å². The Hall–Kier alpha value is -0.690. The van der Waals surface area contributed by atoms with Crippen LogP contribution in [0.3, 0.4) is 0 Å². The van der Waals surface area contributed by atoms with E-state index in [-0.39, 0.29) is 18.1 Å². The molecule has 106 valence electrons. The smallest absolute Gasteiger partial charge is 0.246 e. The number of piperidine rings is 1. The molecule has 1 heterocycles. The van der Waals surface area contributed by atoms with E-state index in [0.29, 0.717) is 12.8 Å². The SMILES string of the molecule is CC1(O)CCCN(S(=O)(=O)c2ccc(Cl)cc2F)C1. The van der Waals surface area contributed by atoms with Crippen molar-refractivity contribution in [3.8, 4) is 0 Å². The number of hydrogen-bond acceptors (Lipinski definition) is 3. The molecule has 0 aromatic heterocycles. The van der Waals surface area contributed by atoms with Crippen molar-refractivity contribution in [2.24, 2.45) is 0 Å². The van der Waals surface area contributed by atoms with Crippen LogP contribution in [0.5, 0.6) is 0 Å². The third-order valence-electron chi connectivity index (χ3n) is 3.15. The van der Waals surface area contributed by atoms with Crippen molar-refractivity contribution in [3.63, 3.8) is 0 Å². The first-order valence-electron chi connectivity index (χ1n) is 5.90. The first-order valence-corrected chi connectivity index (χ1v) is 7.72. The third-order valence-corrected chi connectivity index (χ3v) is 5.27. The molecule has 1 N–H and O–H groups in total. The number of benzene rings is 1. The first-order chi connectivity index (χ1) is 8.72. The fourth-order valence-electron chi connectivity index (χ4n) is 2.20. The van der Waals surface area contributed by atoms with Crippen LogP contribution in [0.2, 0.25) is 5.02 Å². The normalized spacial score (nSPS) is 25.5. The maximum absolute atomic E-state index is 13.7. The molecule has 1 saturated heterocycles. The molecule has 1 aromatic rings. The molecule has 1 aliphatic rings. The third kappa shape index (κ3) is 3.08. The Morgan fingerprint density at radius 2 is 2.16 bits per heavy atom. The Morgan fingerprint density at radius 1 is 1.47 bits per heavy atom. The van der Waals surface area contributed by atoms with Gasteiger partial charge in [0.1, 0.15) is 10.7 Å². The molecule has 2 rings (SSSR count). The lowest BCUT2D eigenvalue weighted by atomic mass is 9.97. The molecule has 7 heteroatoms. The molecule has 0 saturated carbocycles. The molecule has 0 radical (unpaired) electrons. The van der Waals surface area contributed by atoms with E-state index in [2.05, 4.69) is 0 Å². The highest BCUT2D eigenvalue weighted by molar-refractivity contribution is 7.89. The number of β-amino-alcohol motifs (C(OH)–C–C–N with tert-alkyl or cyclic N) is 1. The van der Waals surface area contributed by atoms with E-state index in [1.807, 2.05) is 0 Å². The number of halogens is 2. The minimum absolute atomic E-state index is 0.0304. The standard InChI is InChI=1S/C12H15ClFNO3S/c1-12(16)5-2-6-15(8-12)19(17,18)11-4-3-9(13)7-10(11)14/h3-4,7,16H,2,5-6,8H2,1H3. The summed E-state index contributed by atoms with van der Waals surface area (Å²) >= 11 is 5.61. The van der Waals surface area contributed by atoms with Gasteiger partial charge in [-0.15, -0.1) is 0 Å². The van der Waals surface area contributed by atoms with Gasteiger partial charge in [-0.05, 0) is 38.0 Å². The van der Waals surface area contributed by atoms with Crippen LogP contribution in [0.15, 0.2) is 23.1 Å². The van der Waals surface area contributed by atoms with Gasteiger partial charge in [-0.3, -0.25) is 0 Å². The fraction of sp³-hybridized carbons (Fsp3) is 0.500.